The Bertz CT molecular complexity index is 1710. The first-order valence-corrected chi connectivity index (χ1v) is 11.9. The zero-order chi connectivity index (χ0) is 26.1. The molecular weight excluding hydrogens is 496 g/mol. The molecule has 0 amide bonds. The minimum absolute atomic E-state index is 0.00864. The number of nitro groups is 1. The van der Waals surface area contributed by atoms with Crippen molar-refractivity contribution in [2.24, 2.45) is 5.10 Å². The molecule has 0 unspecified atom stereocenters. The van der Waals surface area contributed by atoms with Crippen molar-refractivity contribution in [1.29, 1.82) is 0 Å². The van der Waals surface area contributed by atoms with Gasteiger partial charge in [-0.3, -0.25) is 14.9 Å². The third-order valence-electron chi connectivity index (χ3n) is 5.86. The molecule has 2 heterocycles. The fraction of sp³-hybridized carbons (Fsp3) is 0.148. The first kappa shape index (κ1) is 24.2. The number of nitro benzene ring substituents is 1. The van der Waals surface area contributed by atoms with Crippen molar-refractivity contribution >= 4 is 45.4 Å². The third-order valence-corrected chi connectivity index (χ3v) is 6.14. The number of nitrogens with zero attached hydrogens (tertiary/aromatic N) is 4. The Morgan fingerprint density at radius 3 is 2.70 bits per heavy atom. The Hall–Kier alpha value is -4.50. The molecule has 0 radical (unpaired) electrons. The van der Waals surface area contributed by atoms with Crippen LogP contribution >= 0.6 is 11.6 Å². The minimum Gasteiger partial charge on any atom is -0.483 e. The molecule has 2 aromatic heterocycles. The van der Waals surface area contributed by atoms with Crippen LogP contribution in [0.5, 0.6) is 5.75 Å². The molecule has 1 atom stereocenters. The monoisotopic (exact) mass is 516 g/mol. The number of furan rings is 1. The Morgan fingerprint density at radius 1 is 1.19 bits per heavy atom. The van der Waals surface area contributed by atoms with E-state index in [2.05, 4.69) is 10.1 Å². The van der Waals surface area contributed by atoms with Gasteiger partial charge in [-0.1, -0.05) is 48.9 Å². The summed E-state index contributed by atoms with van der Waals surface area (Å²) in [5, 5.41) is 17.4. The molecule has 0 aliphatic carbocycles. The fourth-order valence-electron chi connectivity index (χ4n) is 3.82. The first-order chi connectivity index (χ1) is 17.9. The Kier molecular flexibility index (Phi) is 6.45. The fourth-order valence-corrected chi connectivity index (χ4v) is 4.08. The molecule has 0 N–H and O–H groups in total. The van der Waals surface area contributed by atoms with E-state index in [1.165, 1.54) is 18.3 Å². The van der Waals surface area contributed by atoms with Gasteiger partial charge in [-0.15, -0.1) is 0 Å². The largest absolute Gasteiger partial charge is 0.483 e. The molecule has 0 saturated heterocycles. The number of hydrogen-bond acceptors (Lipinski definition) is 7. The summed E-state index contributed by atoms with van der Waals surface area (Å²) >= 11 is 6.36. The van der Waals surface area contributed by atoms with Crippen LogP contribution < -0.4 is 10.3 Å². The Balaban J connectivity index is 1.66. The number of rotatable bonds is 7. The summed E-state index contributed by atoms with van der Waals surface area (Å²) in [6.45, 7) is 3.70. The highest BCUT2D eigenvalue weighted by Gasteiger charge is 2.22. The highest BCUT2D eigenvalue weighted by Crippen LogP contribution is 2.37. The molecule has 5 aromatic rings. The van der Waals surface area contributed by atoms with Gasteiger partial charge in [0.25, 0.3) is 5.56 Å². The number of benzene rings is 3. The van der Waals surface area contributed by atoms with Crippen LogP contribution in [0.15, 0.2) is 81.0 Å². The Labute approximate surface area is 215 Å². The van der Waals surface area contributed by atoms with Crippen molar-refractivity contribution < 1.29 is 14.1 Å². The van der Waals surface area contributed by atoms with Crippen molar-refractivity contribution in [1.82, 2.24) is 9.66 Å². The van der Waals surface area contributed by atoms with Crippen LogP contribution in [0.3, 0.4) is 0 Å². The van der Waals surface area contributed by atoms with Crippen LogP contribution in [0.25, 0.3) is 33.5 Å². The molecule has 0 spiro atoms. The van der Waals surface area contributed by atoms with Gasteiger partial charge < -0.3 is 9.15 Å². The van der Waals surface area contributed by atoms with Crippen LogP contribution in [-0.4, -0.2) is 26.9 Å². The number of aromatic nitrogens is 2. The van der Waals surface area contributed by atoms with E-state index in [-0.39, 0.29) is 28.4 Å². The van der Waals surface area contributed by atoms with E-state index in [1.807, 2.05) is 31.2 Å². The maximum Gasteiger partial charge on any atom is 0.313 e. The maximum atomic E-state index is 13.4. The summed E-state index contributed by atoms with van der Waals surface area (Å²) in [7, 11) is 0. The molecule has 9 nitrogen and oxygen atoms in total. The van der Waals surface area contributed by atoms with Crippen LogP contribution in [0, 0.1) is 10.1 Å². The minimum atomic E-state index is -0.565. The average Bonchev–Trinajstić information content (AvgIpc) is 3.33. The van der Waals surface area contributed by atoms with Gasteiger partial charge >= 0.3 is 5.69 Å². The normalized spacial score (nSPS) is 12.4. The summed E-state index contributed by atoms with van der Waals surface area (Å²) in [4.78, 5) is 29.2. The number of ether oxygens (including phenoxy) is 1. The molecule has 0 aliphatic rings. The average molecular weight is 517 g/mol. The lowest BCUT2D eigenvalue weighted by Crippen LogP contribution is -2.20. The van der Waals surface area contributed by atoms with Crippen molar-refractivity contribution in [3.05, 3.63) is 97.8 Å². The molecule has 0 aliphatic heterocycles. The lowest BCUT2D eigenvalue weighted by atomic mass is 10.2. The van der Waals surface area contributed by atoms with Gasteiger partial charge in [0, 0.05) is 17.0 Å². The van der Waals surface area contributed by atoms with Crippen molar-refractivity contribution in [2.75, 3.05) is 0 Å². The second-order valence-electron chi connectivity index (χ2n) is 8.41. The topological polar surface area (TPSA) is 113 Å². The van der Waals surface area contributed by atoms with E-state index in [0.29, 0.717) is 34.2 Å². The summed E-state index contributed by atoms with van der Waals surface area (Å²) in [6.07, 6.45) is 1.71. The Morgan fingerprint density at radius 2 is 1.95 bits per heavy atom. The highest BCUT2D eigenvalue weighted by molar-refractivity contribution is 6.32. The molecule has 0 saturated carbocycles. The van der Waals surface area contributed by atoms with E-state index < -0.39 is 10.5 Å². The first-order valence-electron chi connectivity index (χ1n) is 11.6. The molecule has 37 heavy (non-hydrogen) atoms. The summed E-state index contributed by atoms with van der Waals surface area (Å²) < 4.78 is 12.8. The van der Waals surface area contributed by atoms with Gasteiger partial charge in [-0.2, -0.15) is 9.78 Å². The van der Waals surface area contributed by atoms with Crippen LogP contribution in [0.1, 0.15) is 25.8 Å². The maximum absolute atomic E-state index is 13.4. The zero-order valence-corrected chi connectivity index (χ0v) is 20.7. The van der Waals surface area contributed by atoms with Crippen LogP contribution in [-0.2, 0) is 0 Å². The molecule has 0 fully saturated rings. The lowest BCUT2D eigenvalue weighted by Gasteiger charge is -2.14. The molecule has 0 bridgehead atoms. The quantitative estimate of drug-likeness (QED) is 0.140. The summed E-state index contributed by atoms with van der Waals surface area (Å²) in [5.41, 5.74) is 0.712. The van der Waals surface area contributed by atoms with E-state index in [1.54, 1.807) is 37.3 Å². The van der Waals surface area contributed by atoms with Crippen molar-refractivity contribution in [3.8, 4) is 17.3 Å². The van der Waals surface area contributed by atoms with Crippen LogP contribution in [0.2, 0.25) is 5.02 Å². The number of halogens is 1. The van der Waals surface area contributed by atoms with Crippen molar-refractivity contribution in [2.45, 2.75) is 26.4 Å². The second-order valence-corrected chi connectivity index (χ2v) is 8.81. The number of fused-ring (bicyclic) bond motifs is 2. The van der Waals surface area contributed by atoms with Crippen LogP contribution in [0.4, 0.5) is 5.69 Å². The molecule has 5 rings (SSSR count). The number of para-hydroxylation sites is 2. The van der Waals surface area contributed by atoms with Gasteiger partial charge in [0.15, 0.2) is 5.76 Å². The van der Waals surface area contributed by atoms with Gasteiger partial charge in [0.1, 0.15) is 5.58 Å². The van der Waals surface area contributed by atoms with Gasteiger partial charge in [0.05, 0.1) is 33.2 Å². The highest BCUT2D eigenvalue weighted by atomic mass is 35.5. The molecule has 3 aromatic carbocycles. The predicted octanol–water partition coefficient (Wildman–Crippen LogP) is 6.43. The van der Waals surface area contributed by atoms with E-state index in [4.69, 9.17) is 20.8 Å². The smallest absolute Gasteiger partial charge is 0.313 e. The predicted molar refractivity (Wildman–Crippen MR) is 143 cm³/mol. The molecule has 10 heteroatoms. The standard InChI is InChI=1S/C27H21ClN4O5/c1-3-16(2)36-25-20(28)12-17(13-22(25)32(34)35)15-29-31-26(24-14-18-8-4-7-11-23(18)37-24)30-21-10-6-5-9-19(21)27(31)33/h4-16H,3H2,1-2H3/t16-/m0/s1. The molecule has 186 valence electrons. The van der Waals surface area contributed by atoms with E-state index >= 15 is 0 Å². The number of hydrogen-bond donors (Lipinski definition) is 0. The summed E-state index contributed by atoms with van der Waals surface area (Å²) in [5.74, 6) is 0.529. The van der Waals surface area contributed by atoms with Gasteiger partial charge in [-0.25, -0.2) is 4.98 Å². The van der Waals surface area contributed by atoms with E-state index in [9.17, 15) is 14.9 Å². The SMILES string of the molecule is CC[C@H](C)Oc1c(Cl)cc(C=Nn2c(-c3cc4ccccc4o3)nc3ccccc3c2=O)cc1[N+](=O)[O-]. The molecular formula is C27H21ClN4O5. The third kappa shape index (κ3) is 4.68. The van der Waals surface area contributed by atoms with Gasteiger partial charge in [0.2, 0.25) is 11.6 Å². The zero-order valence-electron chi connectivity index (χ0n) is 19.9. The van der Waals surface area contributed by atoms with Crippen molar-refractivity contribution in [3.63, 3.8) is 0 Å². The van der Waals surface area contributed by atoms with Gasteiger partial charge in [-0.05, 0) is 43.7 Å². The lowest BCUT2D eigenvalue weighted by molar-refractivity contribution is -0.386. The summed E-state index contributed by atoms with van der Waals surface area (Å²) in [6, 6.07) is 18.9. The van der Waals surface area contributed by atoms with E-state index in [0.717, 1.165) is 10.1 Å². The second kappa shape index (κ2) is 9.87.